The number of anilines is 1. The Balaban J connectivity index is 2.41. The number of nitrogens with zero attached hydrogens (tertiary/aromatic N) is 2. The minimum absolute atomic E-state index is 0.101. The third-order valence-corrected chi connectivity index (χ3v) is 6.89. The molecule has 0 radical (unpaired) electrons. The van der Waals surface area contributed by atoms with Crippen LogP contribution in [-0.2, 0) is 26.0 Å². The first kappa shape index (κ1) is 28.9. The van der Waals surface area contributed by atoms with Crippen LogP contribution in [0.25, 0.3) is 0 Å². The Morgan fingerprint density at radius 3 is 2.20 bits per heavy atom. The Hall–Kier alpha value is -2.29. The lowest BCUT2D eigenvalue weighted by molar-refractivity contribution is -0.140. The van der Waals surface area contributed by atoms with Crippen molar-refractivity contribution in [2.24, 2.45) is 0 Å². The third-order valence-electron chi connectivity index (χ3n) is 5.23. The maximum absolute atomic E-state index is 13.6. The van der Waals surface area contributed by atoms with E-state index in [1.165, 1.54) is 23.1 Å². The Labute approximate surface area is 218 Å². The van der Waals surface area contributed by atoms with Gasteiger partial charge in [-0.1, -0.05) is 60.5 Å². The largest absolute Gasteiger partial charge is 0.350 e. The number of sulfonamides is 1. The van der Waals surface area contributed by atoms with Crippen molar-refractivity contribution in [2.45, 2.75) is 52.1 Å². The van der Waals surface area contributed by atoms with Gasteiger partial charge in [0.25, 0.3) is 0 Å². The molecule has 1 atom stereocenters. The average molecular weight is 543 g/mol. The molecule has 0 bridgehead atoms. The number of nitrogens with one attached hydrogen (secondary N) is 1. The van der Waals surface area contributed by atoms with Crippen molar-refractivity contribution >= 4 is 50.7 Å². The molecule has 2 aromatic rings. The zero-order chi connectivity index (χ0) is 26.4. The number of hydrogen-bond donors (Lipinski definition) is 1. The number of carbonyl (C=O) groups is 2. The molecule has 0 aromatic heterocycles. The lowest BCUT2D eigenvalue weighted by Gasteiger charge is -2.34. The number of rotatable bonds is 10. The summed E-state index contributed by atoms with van der Waals surface area (Å²) in [7, 11) is -3.87. The van der Waals surface area contributed by atoms with E-state index in [-0.39, 0.29) is 23.2 Å². The molecule has 2 aromatic carbocycles. The van der Waals surface area contributed by atoms with Gasteiger partial charge in [0.1, 0.15) is 12.6 Å². The highest BCUT2D eigenvalue weighted by atomic mass is 35.5. The maximum atomic E-state index is 13.6. The summed E-state index contributed by atoms with van der Waals surface area (Å²) in [6.45, 7) is 7.14. The molecule has 0 fully saturated rings. The second-order valence-electron chi connectivity index (χ2n) is 9.35. The van der Waals surface area contributed by atoms with Crippen LogP contribution in [0.1, 0.15) is 39.7 Å². The minimum Gasteiger partial charge on any atom is -0.350 e. The molecule has 1 unspecified atom stereocenters. The van der Waals surface area contributed by atoms with Gasteiger partial charge in [0.05, 0.1) is 17.0 Å². The Morgan fingerprint density at radius 2 is 1.69 bits per heavy atom. The van der Waals surface area contributed by atoms with Crippen molar-refractivity contribution in [1.29, 1.82) is 0 Å². The van der Waals surface area contributed by atoms with Crippen molar-refractivity contribution in [3.63, 3.8) is 0 Å². The maximum Gasteiger partial charge on any atom is 0.244 e. The molecule has 7 nitrogen and oxygen atoms in total. The lowest BCUT2D eigenvalue weighted by atomic mass is 10.1. The molecule has 0 aliphatic heterocycles. The predicted octanol–water partition coefficient (Wildman–Crippen LogP) is 4.52. The van der Waals surface area contributed by atoms with Gasteiger partial charge in [-0.2, -0.15) is 0 Å². The second-order valence-corrected chi connectivity index (χ2v) is 12.1. The SMILES string of the molecule is CCC(C(=O)NC(C)(C)C)N(CCc1ccccc1)C(=O)CN(c1ccc(Cl)cc1Cl)S(C)(=O)=O. The summed E-state index contributed by atoms with van der Waals surface area (Å²) in [5.74, 6) is -0.801. The Bertz CT molecular complexity index is 1140. The molecule has 0 saturated heterocycles. The van der Waals surface area contributed by atoms with Gasteiger partial charge in [-0.15, -0.1) is 0 Å². The number of hydrogen-bond acceptors (Lipinski definition) is 4. The van der Waals surface area contributed by atoms with Gasteiger partial charge >= 0.3 is 0 Å². The van der Waals surface area contributed by atoms with Crippen LogP contribution in [0.3, 0.4) is 0 Å². The van der Waals surface area contributed by atoms with Crippen LogP contribution in [0.4, 0.5) is 5.69 Å². The van der Waals surface area contributed by atoms with Crippen molar-refractivity contribution < 1.29 is 18.0 Å². The first-order valence-electron chi connectivity index (χ1n) is 11.3. The quantitative estimate of drug-likeness (QED) is 0.478. The topological polar surface area (TPSA) is 86.8 Å². The van der Waals surface area contributed by atoms with Gasteiger partial charge in [0.15, 0.2) is 0 Å². The van der Waals surface area contributed by atoms with Crippen LogP contribution in [0, 0.1) is 0 Å². The summed E-state index contributed by atoms with van der Waals surface area (Å²) in [6, 6.07) is 13.2. The van der Waals surface area contributed by atoms with E-state index in [0.29, 0.717) is 17.9 Å². The zero-order valence-electron chi connectivity index (χ0n) is 20.7. The van der Waals surface area contributed by atoms with Gasteiger partial charge in [-0.05, 0) is 57.4 Å². The van der Waals surface area contributed by atoms with E-state index in [9.17, 15) is 18.0 Å². The van der Waals surface area contributed by atoms with E-state index >= 15 is 0 Å². The summed E-state index contributed by atoms with van der Waals surface area (Å²) < 4.78 is 26.2. The summed E-state index contributed by atoms with van der Waals surface area (Å²) in [4.78, 5) is 28.2. The van der Waals surface area contributed by atoms with Crippen LogP contribution in [-0.4, -0.2) is 56.1 Å². The molecule has 0 aliphatic carbocycles. The molecule has 192 valence electrons. The lowest BCUT2D eigenvalue weighted by Crippen LogP contribution is -2.56. The van der Waals surface area contributed by atoms with E-state index in [0.717, 1.165) is 16.1 Å². The number of halogens is 2. The molecule has 2 rings (SSSR count). The molecule has 0 spiro atoms. The summed E-state index contributed by atoms with van der Waals surface area (Å²) >= 11 is 12.2. The first-order chi connectivity index (χ1) is 16.2. The third kappa shape index (κ3) is 8.70. The molecule has 1 N–H and O–H groups in total. The standard InChI is InChI=1S/C25H33Cl2N3O4S/c1-6-21(24(32)28-25(2,3)4)29(15-14-18-10-8-7-9-11-18)23(31)17-30(35(5,33)34)22-13-12-19(26)16-20(22)27/h7-13,16,21H,6,14-15,17H2,1-5H3,(H,28,32). The van der Waals surface area contributed by atoms with Gasteiger partial charge in [-0.3, -0.25) is 13.9 Å². The fourth-order valence-corrected chi connectivity index (χ4v) is 5.05. The van der Waals surface area contributed by atoms with Crippen LogP contribution < -0.4 is 9.62 Å². The number of benzene rings is 2. The molecule has 0 saturated carbocycles. The fraction of sp³-hybridized carbons (Fsp3) is 0.440. The summed E-state index contributed by atoms with van der Waals surface area (Å²) in [5.41, 5.74) is 0.646. The highest BCUT2D eigenvalue weighted by molar-refractivity contribution is 7.92. The van der Waals surface area contributed by atoms with E-state index in [2.05, 4.69) is 5.32 Å². The highest BCUT2D eigenvalue weighted by Crippen LogP contribution is 2.30. The predicted molar refractivity (Wildman–Crippen MR) is 142 cm³/mol. The van der Waals surface area contributed by atoms with E-state index in [4.69, 9.17) is 23.2 Å². The zero-order valence-corrected chi connectivity index (χ0v) is 23.0. The molecule has 10 heteroatoms. The van der Waals surface area contributed by atoms with E-state index in [1.807, 2.05) is 58.0 Å². The Kier molecular flexibility index (Phi) is 10.0. The van der Waals surface area contributed by atoms with Crippen molar-refractivity contribution in [1.82, 2.24) is 10.2 Å². The minimum atomic E-state index is -3.87. The van der Waals surface area contributed by atoms with Gasteiger partial charge in [0, 0.05) is 17.1 Å². The normalized spacial score (nSPS) is 12.7. The van der Waals surface area contributed by atoms with Crippen LogP contribution >= 0.6 is 23.2 Å². The van der Waals surface area contributed by atoms with Gasteiger partial charge in [0.2, 0.25) is 21.8 Å². The molecular formula is C25H33Cl2N3O4S. The first-order valence-corrected chi connectivity index (χ1v) is 13.9. The van der Waals surface area contributed by atoms with Crippen LogP contribution in [0.2, 0.25) is 10.0 Å². The van der Waals surface area contributed by atoms with Crippen molar-refractivity contribution in [3.05, 3.63) is 64.1 Å². The highest BCUT2D eigenvalue weighted by Gasteiger charge is 2.33. The van der Waals surface area contributed by atoms with Crippen molar-refractivity contribution in [3.8, 4) is 0 Å². The van der Waals surface area contributed by atoms with Gasteiger partial charge < -0.3 is 10.2 Å². The van der Waals surface area contributed by atoms with Crippen LogP contribution in [0.15, 0.2) is 48.5 Å². The van der Waals surface area contributed by atoms with E-state index < -0.39 is 34.1 Å². The summed E-state index contributed by atoms with van der Waals surface area (Å²) in [5, 5.41) is 3.38. The monoisotopic (exact) mass is 541 g/mol. The smallest absolute Gasteiger partial charge is 0.244 e. The Morgan fingerprint density at radius 1 is 1.06 bits per heavy atom. The van der Waals surface area contributed by atoms with Crippen LogP contribution in [0.5, 0.6) is 0 Å². The average Bonchev–Trinajstić information content (AvgIpc) is 2.74. The number of carbonyl (C=O) groups excluding carboxylic acids is 2. The summed E-state index contributed by atoms with van der Waals surface area (Å²) in [6.07, 6.45) is 1.87. The van der Waals surface area contributed by atoms with Crippen molar-refractivity contribution in [2.75, 3.05) is 23.7 Å². The number of amides is 2. The second kappa shape index (κ2) is 12.1. The molecule has 0 aliphatic rings. The molecular weight excluding hydrogens is 509 g/mol. The molecule has 2 amide bonds. The molecule has 0 heterocycles. The molecule has 35 heavy (non-hydrogen) atoms. The fourth-order valence-electron chi connectivity index (χ4n) is 3.63. The van der Waals surface area contributed by atoms with E-state index in [1.54, 1.807) is 0 Å². The van der Waals surface area contributed by atoms with Gasteiger partial charge in [-0.25, -0.2) is 8.42 Å².